The minimum absolute atomic E-state index is 0. The Hall–Kier alpha value is 0.610. The van der Waals surface area contributed by atoms with E-state index in [4.69, 9.17) is 5.73 Å². The fourth-order valence-corrected chi connectivity index (χ4v) is 3.89. The molecule has 1 unspecified atom stereocenters. The van der Waals surface area contributed by atoms with Crippen LogP contribution in [-0.2, 0) is 14.3 Å². The Kier molecular flexibility index (Phi) is 23.5. The van der Waals surface area contributed by atoms with Crippen molar-refractivity contribution in [2.75, 3.05) is 12.9 Å². The average molecular weight is 414 g/mol. The second-order valence-corrected chi connectivity index (χ2v) is 9.16. The average Bonchev–Trinajstić information content (AvgIpc) is 2.61. The molecule has 0 aliphatic rings. The van der Waals surface area contributed by atoms with Gasteiger partial charge in [-0.2, -0.15) is 8.42 Å². The molecule has 0 saturated carbocycles. The van der Waals surface area contributed by atoms with Crippen molar-refractivity contribution >= 4 is 39.7 Å². The van der Waals surface area contributed by atoms with E-state index in [0.29, 0.717) is 0 Å². The van der Waals surface area contributed by atoms with Crippen LogP contribution in [0.25, 0.3) is 0 Å². The van der Waals surface area contributed by atoms with Crippen molar-refractivity contribution in [3.8, 4) is 0 Å². The third-order valence-corrected chi connectivity index (χ3v) is 6.10. The first-order valence-corrected chi connectivity index (χ1v) is 12.3. The van der Waals surface area contributed by atoms with Crippen LogP contribution in [0.2, 0.25) is 0 Å². The number of hydrogen-bond donors (Lipinski definition) is 1. The molecule has 1 atom stereocenters. The first-order valence-electron chi connectivity index (χ1n) is 10.7. The van der Waals surface area contributed by atoms with Gasteiger partial charge in [-0.1, -0.05) is 83.3 Å². The zero-order chi connectivity index (χ0) is 19.5. The molecule has 0 fully saturated rings. The first kappa shape index (κ1) is 29.8. The van der Waals surface area contributed by atoms with Gasteiger partial charge in [0.1, 0.15) is 0 Å². The number of hydrogen-bond acceptors (Lipinski definition) is 4. The zero-order valence-electron chi connectivity index (χ0n) is 17.3. The molecular formula is C21H44NNaO3S. The van der Waals surface area contributed by atoms with Crippen molar-refractivity contribution in [2.24, 2.45) is 5.73 Å². The number of rotatable bonds is 19. The predicted octanol–water partition coefficient (Wildman–Crippen LogP) is 5.07. The van der Waals surface area contributed by atoms with Crippen LogP contribution in [0.1, 0.15) is 103 Å². The third-order valence-electron chi connectivity index (χ3n) is 4.76. The van der Waals surface area contributed by atoms with Crippen molar-refractivity contribution in [1.29, 1.82) is 0 Å². The van der Waals surface area contributed by atoms with Crippen LogP contribution in [0, 0.1) is 0 Å². The molecule has 0 saturated heterocycles. The maximum absolute atomic E-state index is 11.3. The molecule has 0 aromatic carbocycles. The summed E-state index contributed by atoms with van der Waals surface area (Å²) < 4.78 is 27.0. The summed E-state index contributed by atoms with van der Waals surface area (Å²) in [5.41, 5.74) is 5.83. The van der Waals surface area contributed by atoms with E-state index in [9.17, 15) is 8.42 Å². The number of allylic oxidation sites excluding steroid dienone is 2. The van der Waals surface area contributed by atoms with E-state index in [-0.39, 0.29) is 41.4 Å². The van der Waals surface area contributed by atoms with Gasteiger partial charge in [0.2, 0.25) is 0 Å². The summed E-state index contributed by atoms with van der Waals surface area (Å²) in [6.45, 7) is 2.26. The predicted molar refractivity (Wildman–Crippen MR) is 120 cm³/mol. The Morgan fingerprint density at radius 3 is 1.74 bits per heavy atom. The van der Waals surface area contributed by atoms with Crippen LogP contribution in [-0.4, -0.2) is 56.9 Å². The molecule has 4 nitrogen and oxygen atoms in total. The molecule has 0 aliphatic heterocycles. The molecular weight excluding hydrogens is 369 g/mol. The first-order chi connectivity index (χ1) is 12.5. The third kappa shape index (κ3) is 22.8. The fraction of sp³-hybridized carbons (Fsp3) is 0.905. The van der Waals surface area contributed by atoms with Crippen LogP contribution in [0.15, 0.2) is 12.2 Å². The standard InChI is InChI=1S/C21H43NO3S.Na.H/c1-3-4-5-6-7-8-9-10-11-12-13-14-15-16-17-18-19-21(22)20-26(23,24)25-2;;/h10-11,21H,3-9,12-20,22H2,1-2H3;;/b11-10-;;. The zero-order valence-corrected chi connectivity index (χ0v) is 18.1. The minimum atomic E-state index is -3.42. The van der Waals surface area contributed by atoms with Gasteiger partial charge in [0.15, 0.2) is 0 Å². The van der Waals surface area contributed by atoms with E-state index < -0.39 is 10.1 Å². The van der Waals surface area contributed by atoms with E-state index in [1.54, 1.807) is 0 Å². The van der Waals surface area contributed by atoms with Crippen molar-refractivity contribution < 1.29 is 12.6 Å². The van der Waals surface area contributed by atoms with Gasteiger partial charge < -0.3 is 5.73 Å². The van der Waals surface area contributed by atoms with Gasteiger partial charge in [0, 0.05) is 6.04 Å². The Labute approximate surface area is 191 Å². The van der Waals surface area contributed by atoms with Crippen LogP contribution in [0.5, 0.6) is 0 Å². The van der Waals surface area contributed by atoms with Crippen molar-refractivity contribution in [3.05, 3.63) is 12.2 Å². The van der Waals surface area contributed by atoms with Crippen LogP contribution >= 0.6 is 0 Å². The monoisotopic (exact) mass is 413 g/mol. The Balaban J connectivity index is 0. The van der Waals surface area contributed by atoms with Crippen LogP contribution < -0.4 is 5.73 Å². The fourth-order valence-electron chi connectivity index (χ4n) is 3.07. The van der Waals surface area contributed by atoms with Crippen LogP contribution in [0.4, 0.5) is 0 Å². The second kappa shape index (κ2) is 21.3. The molecule has 0 amide bonds. The summed E-state index contributed by atoms with van der Waals surface area (Å²) in [5, 5.41) is 0. The summed E-state index contributed by atoms with van der Waals surface area (Å²) in [6.07, 6.45) is 23.3. The molecule has 158 valence electrons. The molecule has 0 aromatic rings. The van der Waals surface area contributed by atoms with Crippen molar-refractivity contribution in [1.82, 2.24) is 0 Å². The molecule has 0 aromatic heterocycles. The molecule has 0 heterocycles. The van der Waals surface area contributed by atoms with Crippen LogP contribution in [0.3, 0.4) is 0 Å². The maximum atomic E-state index is 11.3. The molecule has 0 radical (unpaired) electrons. The summed E-state index contributed by atoms with van der Waals surface area (Å²) in [6, 6.07) is -0.309. The topological polar surface area (TPSA) is 69.4 Å². The van der Waals surface area contributed by atoms with Gasteiger partial charge in [-0.3, -0.25) is 4.18 Å². The molecule has 6 heteroatoms. The van der Waals surface area contributed by atoms with Gasteiger partial charge in [-0.05, 0) is 32.1 Å². The Morgan fingerprint density at radius 2 is 1.26 bits per heavy atom. The quantitative estimate of drug-likeness (QED) is 0.139. The second-order valence-electron chi connectivity index (χ2n) is 7.38. The summed E-state index contributed by atoms with van der Waals surface area (Å²) >= 11 is 0. The normalized spacial score (nSPS) is 13.0. The molecule has 27 heavy (non-hydrogen) atoms. The van der Waals surface area contributed by atoms with Gasteiger partial charge in [-0.25, -0.2) is 0 Å². The molecule has 0 bridgehead atoms. The van der Waals surface area contributed by atoms with E-state index in [1.165, 1.54) is 84.2 Å². The van der Waals surface area contributed by atoms with Crippen molar-refractivity contribution in [2.45, 2.75) is 109 Å². The van der Waals surface area contributed by atoms with E-state index >= 15 is 0 Å². The van der Waals surface area contributed by atoms with Crippen molar-refractivity contribution in [3.63, 3.8) is 0 Å². The van der Waals surface area contributed by atoms with Gasteiger partial charge >= 0.3 is 29.6 Å². The molecule has 0 aliphatic carbocycles. The number of nitrogens with two attached hydrogens (primary N) is 1. The summed E-state index contributed by atoms with van der Waals surface area (Å²) in [5.74, 6) is -0.0748. The van der Waals surface area contributed by atoms with Gasteiger partial charge in [0.25, 0.3) is 10.1 Å². The van der Waals surface area contributed by atoms with E-state index in [0.717, 1.165) is 19.3 Å². The number of unbranched alkanes of at least 4 members (excludes halogenated alkanes) is 12. The summed E-state index contributed by atoms with van der Waals surface area (Å²) in [7, 11) is -2.24. The van der Waals surface area contributed by atoms with E-state index in [1.807, 2.05) is 0 Å². The molecule has 2 N–H and O–H groups in total. The summed E-state index contributed by atoms with van der Waals surface area (Å²) in [4.78, 5) is 0. The SMILES string of the molecule is CCCCCCCC/C=C\CCCCCCCCC(N)CS(=O)(=O)OC.[NaH]. The van der Waals surface area contributed by atoms with Gasteiger partial charge in [-0.15, -0.1) is 0 Å². The van der Waals surface area contributed by atoms with E-state index in [2.05, 4.69) is 23.3 Å². The Bertz CT molecular complexity index is 427. The molecule has 0 spiro atoms. The molecule has 0 rings (SSSR count). The Morgan fingerprint density at radius 1 is 0.815 bits per heavy atom. The van der Waals surface area contributed by atoms with Gasteiger partial charge in [0.05, 0.1) is 12.9 Å².